The Kier molecular flexibility index (Phi) is 1.10. The molecule has 0 aromatic carbocycles. The number of hydrogen-bond donors (Lipinski definition) is 0. The first-order chi connectivity index (χ1) is 2.93. The first-order valence-corrected chi connectivity index (χ1v) is 2.29. The molecular weight excluding hydrogens is 76.1 g/mol. The average Bonchev–Trinajstić information content (AvgIpc) is 1.31. The highest BCUT2D eigenvalue weighted by molar-refractivity contribution is 4.87. The smallest absolute Gasteiger partial charge is 0.0603 e. The quantitative estimate of drug-likeness (QED) is 0.461. The highest BCUT2D eigenvalue weighted by atomic mass is 16.5. The molecule has 6 heavy (non-hydrogen) atoms. The third-order valence-corrected chi connectivity index (χ3v) is 1.18. The summed E-state index contributed by atoms with van der Waals surface area (Å²) in [5, 5.41) is 0. The maximum Gasteiger partial charge on any atom is 0.0603 e. The maximum absolute atomic E-state index is 4.93. The molecule has 1 fully saturated rings. The van der Waals surface area contributed by atoms with Gasteiger partial charge < -0.3 is 4.74 Å². The van der Waals surface area contributed by atoms with E-state index in [4.69, 9.17) is 4.74 Å². The zero-order valence-corrected chi connectivity index (χ0v) is 3.98. The standard InChI is InChI=1S/C5H9O/c1-6-5-3-2-4-5/h3,5H,2,4H2,1H3. The van der Waals surface area contributed by atoms with Gasteiger partial charge in [-0.25, -0.2) is 0 Å². The lowest BCUT2D eigenvalue weighted by Crippen LogP contribution is -2.19. The lowest BCUT2D eigenvalue weighted by molar-refractivity contribution is 0.0859. The molecular formula is C5H9O. The van der Waals surface area contributed by atoms with Crippen molar-refractivity contribution in [2.45, 2.75) is 18.9 Å². The maximum atomic E-state index is 4.93. The van der Waals surface area contributed by atoms with Gasteiger partial charge in [-0.15, -0.1) is 0 Å². The van der Waals surface area contributed by atoms with Crippen molar-refractivity contribution in [2.75, 3.05) is 7.11 Å². The Balaban J connectivity index is 2.01. The van der Waals surface area contributed by atoms with Crippen LogP contribution in [0, 0.1) is 6.42 Å². The van der Waals surface area contributed by atoms with E-state index >= 15 is 0 Å². The lowest BCUT2D eigenvalue weighted by atomic mass is 9.96. The van der Waals surface area contributed by atoms with Crippen LogP contribution in [-0.4, -0.2) is 13.2 Å². The van der Waals surface area contributed by atoms with E-state index in [-0.39, 0.29) is 0 Å². The first kappa shape index (κ1) is 4.13. The van der Waals surface area contributed by atoms with Gasteiger partial charge in [-0.3, -0.25) is 0 Å². The van der Waals surface area contributed by atoms with Crippen molar-refractivity contribution in [3.8, 4) is 0 Å². The molecule has 1 atom stereocenters. The van der Waals surface area contributed by atoms with Crippen molar-refractivity contribution in [1.29, 1.82) is 0 Å². The van der Waals surface area contributed by atoms with Crippen LogP contribution < -0.4 is 0 Å². The molecule has 1 nitrogen and oxygen atoms in total. The minimum atomic E-state index is 0.491. The van der Waals surface area contributed by atoms with E-state index in [1.807, 2.05) is 0 Å². The minimum Gasteiger partial charge on any atom is -0.381 e. The summed E-state index contributed by atoms with van der Waals surface area (Å²) in [4.78, 5) is 0. The molecule has 0 bridgehead atoms. The molecule has 1 rings (SSSR count). The molecule has 1 aliphatic carbocycles. The Morgan fingerprint density at radius 3 is 2.50 bits per heavy atom. The van der Waals surface area contributed by atoms with E-state index in [2.05, 4.69) is 6.42 Å². The molecule has 1 aliphatic rings. The summed E-state index contributed by atoms with van der Waals surface area (Å²) < 4.78 is 4.93. The summed E-state index contributed by atoms with van der Waals surface area (Å²) >= 11 is 0. The molecule has 1 unspecified atom stereocenters. The summed E-state index contributed by atoms with van der Waals surface area (Å²) in [6.07, 6.45) is 5.15. The van der Waals surface area contributed by atoms with Gasteiger partial charge in [0.25, 0.3) is 0 Å². The van der Waals surface area contributed by atoms with E-state index in [0.717, 1.165) is 0 Å². The average molecular weight is 85.1 g/mol. The van der Waals surface area contributed by atoms with Gasteiger partial charge >= 0.3 is 0 Å². The molecule has 35 valence electrons. The van der Waals surface area contributed by atoms with Gasteiger partial charge in [-0.1, -0.05) is 0 Å². The molecule has 1 heteroatoms. The van der Waals surface area contributed by atoms with Crippen LogP contribution in [0.5, 0.6) is 0 Å². The van der Waals surface area contributed by atoms with Crippen LogP contribution in [0.25, 0.3) is 0 Å². The van der Waals surface area contributed by atoms with Crippen molar-refractivity contribution in [3.63, 3.8) is 0 Å². The highest BCUT2D eigenvalue weighted by Gasteiger charge is 2.15. The molecule has 0 N–H and O–H groups in total. The fraction of sp³-hybridized carbons (Fsp3) is 0.800. The predicted molar refractivity (Wildman–Crippen MR) is 24.3 cm³/mol. The fourth-order valence-corrected chi connectivity index (χ4v) is 0.517. The van der Waals surface area contributed by atoms with Crippen LogP contribution in [0.3, 0.4) is 0 Å². The van der Waals surface area contributed by atoms with Crippen molar-refractivity contribution in [1.82, 2.24) is 0 Å². The van der Waals surface area contributed by atoms with Crippen LogP contribution in [-0.2, 0) is 4.74 Å². The Hall–Kier alpha value is -0.0400. The predicted octanol–water partition coefficient (Wildman–Crippen LogP) is 0.999. The SMILES string of the molecule is COC1[CH]CC1. The Labute approximate surface area is 38.3 Å². The van der Waals surface area contributed by atoms with Crippen molar-refractivity contribution in [3.05, 3.63) is 6.42 Å². The molecule has 0 aromatic rings. The molecule has 0 amide bonds. The molecule has 0 heterocycles. The monoisotopic (exact) mass is 85.1 g/mol. The largest absolute Gasteiger partial charge is 0.381 e. The molecule has 0 spiro atoms. The number of ether oxygens (including phenoxy) is 1. The minimum absolute atomic E-state index is 0.491. The van der Waals surface area contributed by atoms with E-state index in [9.17, 15) is 0 Å². The van der Waals surface area contributed by atoms with Gasteiger partial charge in [0.1, 0.15) is 0 Å². The third kappa shape index (κ3) is 0.548. The summed E-state index contributed by atoms with van der Waals surface area (Å²) in [5.41, 5.74) is 0. The van der Waals surface area contributed by atoms with E-state index < -0.39 is 0 Å². The van der Waals surface area contributed by atoms with Crippen LogP contribution in [0.2, 0.25) is 0 Å². The summed E-state index contributed by atoms with van der Waals surface area (Å²) in [7, 11) is 1.75. The van der Waals surface area contributed by atoms with Crippen LogP contribution in [0.1, 0.15) is 12.8 Å². The van der Waals surface area contributed by atoms with Gasteiger partial charge in [0, 0.05) is 7.11 Å². The summed E-state index contributed by atoms with van der Waals surface area (Å²) in [5.74, 6) is 0. The van der Waals surface area contributed by atoms with E-state index in [1.165, 1.54) is 12.8 Å². The zero-order chi connectivity index (χ0) is 4.41. The number of hydrogen-bond acceptors (Lipinski definition) is 1. The Morgan fingerprint density at radius 2 is 2.50 bits per heavy atom. The lowest BCUT2D eigenvalue weighted by Gasteiger charge is -2.22. The zero-order valence-electron chi connectivity index (χ0n) is 3.98. The van der Waals surface area contributed by atoms with Crippen molar-refractivity contribution >= 4 is 0 Å². The van der Waals surface area contributed by atoms with E-state index in [0.29, 0.717) is 6.10 Å². The van der Waals surface area contributed by atoms with Gasteiger partial charge in [0.05, 0.1) is 6.10 Å². The van der Waals surface area contributed by atoms with Crippen molar-refractivity contribution < 1.29 is 4.74 Å². The molecule has 0 aliphatic heterocycles. The molecule has 0 aromatic heterocycles. The Morgan fingerprint density at radius 1 is 1.83 bits per heavy atom. The Bertz CT molecular complexity index is 36.4. The van der Waals surface area contributed by atoms with Crippen LogP contribution in [0.4, 0.5) is 0 Å². The third-order valence-electron chi connectivity index (χ3n) is 1.18. The van der Waals surface area contributed by atoms with Crippen LogP contribution in [0.15, 0.2) is 0 Å². The first-order valence-electron chi connectivity index (χ1n) is 2.29. The topological polar surface area (TPSA) is 9.23 Å². The number of methoxy groups -OCH3 is 1. The van der Waals surface area contributed by atoms with Gasteiger partial charge in [0.15, 0.2) is 0 Å². The normalized spacial score (nSPS) is 23.5. The molecule has 1 saturated carbocycles. The second-order valence-corrected chi connectivity index (χ2v) is 1.59. The molecule has 0 saturated heterocycles. The van der Waals surface area contributed by atoms with Gasteiger partial charge in [-0.2, -0.15) is 0 Å². The van der Waals surface area contributed by atoms with Crippen LogP contribution >= 0.6 is 0 Å². The van der Waals surface area contributed by atoms with Crippen molar-refractivity contribution in [2.24, 2.45) is 0 Å². The van der Waals surface area contributed by atoms with E-state index in [1.54, 1.807) is 7.11 Å². The fourth-order valence-electron chi connectivity index (χ4n) is 0.517. The van der Waals surface area contributed by atoms with Gasteiger partial charge in [0.2, 0.25) is 0 Å². The summed E-state index contributed by atoms with van der Waals surface area (Å²) in [6, 6.07) is 0. The number of rotatable bonds is 1. The molecule has 1 radical (unpaired) electrons. The summed E-state index contributed by atoms with van der Waals surface area (Å²) in [6.45, 7) is 0. The second kappa shape index (κ2) is 1.61. The highest BCUT2D eigenvalue weighted by Crippen LogP contribution is 2.18. The van der Waals surface area contributed by atoms with Gasteiger partial charge in [-0.05, 0) is 19.3 Å². The second-order valence-electron chi connectivity index (χ2n) is 1.59.